The van der Waals surface area contributed by atoms with E-state index in [1.54, 1.807) is 6.21 Å². The first-order valence-electron chi connectivity index (χ1n) is 14.2. The Bertz CT molecular complexity index is 1790. The summed E-state index contributed by atoms with van der Waals surface area (Å²) in [5, 5.41) is 7.65. The molecule has 4 aromatic carbocycles. The fourth-order valence-corrected chi connectivity index (χ4v) is 6.42. The maximum Gasteiger partial charge on any atom is 0.282 e. The average molecular weight is 658 g/mol. The summed E-state index contributed by atoms with van der Waals surface area (Å²) in [5.74, 6) is 2.32. The van der Waals surface area contributed by atoms with Gasteiger partial charge in [0.2, 0.25) is 0 Å². The largest absolute Gasteiger partial charge is 0.490 e. The molecule has 0 radical (unpaired) electrons. The number of hydrogen-bond donors (Lipinski definition) is 0. The van der Waals surface area contributed by atoms with Crippen LogP contribution in [0.15, 0.2) is 88.8 Å². The average Bonchev–Trinajstić information content (AvgIpc) is 3.01. The van der Waals surface area contributed by atoms with Gasteiger partial charge in [-0.2, -0.15) is 9.78 Å². The summed E-state index contributed by atoms with van der Waals surface area (Å²) in [6, 6.07) is 26.0. The molecule has 0 bridgehead atoms. The lowest BCUT2D eigenvalue weighted by Crippen LogP contribution is -2.25. The van der Waals surface area contributed by atoms with E-state index < -0.39 is 0 Å². The molecular formula is C34H32IN3O3. The lowest BCUT2D eigenvalue weighted by molar-refractivity contribution is 0.268. The molecular weight excluding hydrogens is 625 g/mol. The van der Waals surface area contributed by atoms with Crippen LogP contribution < -0.4 is 15.0 Å². The Labute approximate surface area is 253 Å². The number of nitrogens with zero attached hydrogens (tertiary/aromatic N) is 3. The molecule has 1 saturated carbocycles. The van der Waals surface area contributed by atoms with Crippen molar-refractivity contribution in [3.63, 3.8) is 0 Å². The minimum absolute atomic E-state index is 0.137. The molecule has 7 heteroatoms. The first kappa shape index (κ1) is 27.4. The standard InChI is InChI=1S/C34H32IN3O3/c1-2-40-31-20-23(19-29(35)32(31)41-22-26-15-10-14-24-11-6-7-16-27(24)26)21-36-38-33(25-12-4-3-5-13-25)37-30-18-9-8-17-28(30)34(38)39/h6-11,14-21,25H,2-5,12-13,22H2,1H3. The highest BCUT2D eigenvalue weighted by Crippen LogP contribution is 2.35. The Morgan fingerprint density at radius 1 is 0.951 bits per heavy atom. The predicted octanol–water partition coefficient (Wildman–Crippen LogP) is 8.06. The molecule has 5 aromatic rings. The van der Waals surface area contributed by atoms with Crippen LogP contribution in [0, 0.1) is 3.57 Å². The van der Waals surface area contributed by atoms with Gasteiger partial charge in [-0.25, -0.2) is 4.98 Å². The number of hydrogen-bond acceptors (Lipinski definition) is 5. The SMILES string of the molecule is CCOc1cc(C=Nn2c(C3CCCCC3)nc3ccccc3c2=O)cc(I)c1OCc1cccc2ccccc12. The van der Waals surface area contributed by atoms with Crippen molar-refractivity contribution in [2.24, 2.45) is 5.10 Å². The van der Waals surface area contributed by atoms with Crippen molar-refractivity contribution in [1.29, 1.82) is 0 Å². The minimum atomic E-state index is -0.137. The summed E-state index contributed by atoms with van der Waals surface area (Å²) in [6.07, 6.45) is 7.29. The molecule has 0 atom stereocenters. The van der Waals surface area contributed by atoms with Crippen molar-refractivity contribution < 1.29 is 9.47 Å². The zero-order valence-corrected chi connectivity index (χ0v) is 25.2. The number of fused-ring (bicyclic) bond motifs is 2. The van der Waals surface area contributed by atoms with Gasteiger partial charge in [-0.05, 0) is 88.5 Å². The second-order valence-electron chi connectivity index (χ2n) is 10.4. The fourth-order valence-electron chi connectivity index (χ4n) is 5.64. The first-order valence-corrected chi connectivity index (χ1v) is 15.3. The number of aromatic nitrogens is 2. The summed E-state index contributed by atoms with van der Waals surface area (Å²) in [7, 11) is 0. The predicted molar refractivity (Wildman–Crippen MR) is 173 cm³/mol. The Balaban J connectivity index is 1.34. The summed E-state index contributed by atoms with van der Waals surface area (Å²) in [6.45, 7) is 2.88. The zero-order valence-electron chi connectivity index (χ0n) is 23.1. The van der Waals surface area contributed by atoms with Gasteiger partial charge >= 0.3 is 0 Å². The molecule has 41 heavy (non-hydrogen) atoms. The van der Waals surface area contributed by atoms with Crippen molar-refractivity contribution in [2.45, 2.75) is 51.6 Å². The van der Waals surface area contributed by atoms with Crippen molar-refractivity contribution >= 4 is 50.5 Å². The second-order valence-corrected chi connectivity index (χ2v) is 11.5. The molecule has 208 valence electrons. The molecule has 0 spiro atoms. The van der Waals surface area contributed by atoms with E-state index in [4.69, 9.17) is 19.6 Å². The van der Waals surface area contributed by atoms with Crippen LogP contribution in [0.5, 0.6) is 11.5 Å². The van der Waals surface area contributed by atoms with Gasteiger partial charge in [-0.1, -0.05) is 73.9 Å². The lowest BCUT2D eigenvalue weighted by Gasteiger charge is -2.22. The molecule has 6 nitrogen and oxygen atoms in total. The van der Waals surface area contributed by atoms with Gasteiger partial charge in [-0.15, -0.1) is 0 Å². The highest BCUT2D eigenvalue weighted by molar-refractivity contribution is 14.1. The van der Waals surface area contributed by atoms with Gasteiger partial charge in [0.1, 0.15) is 12.4 Å². The van der Waals surface area contributed by atoms with Crippen LogP contribution in [0.1, 0.15) is 61.9 Å². The Kier molecular flexibility index (Phi) is 8.32. The fraction of sp³-hybridized carbons (Fsp3) is 0.265. The molecule has 1 aromatic heterocycles. The number of para-hydroxylation sites is 1. The van der Waals surface area contributed by atoms with Crippen LogP contribution in [0.3, 0.4) is 0 Å². The third-order valence-electron chi connectivity index (χ3n) is 7.66. The molecule has 0 unspecified atom stereocenters. The quantitative estimate of drug-likeness (QED) is 0.125. The molecule has 0 amide bonds. The van der Waals surface area contributed by atoms with Crippen LogP contribution in [0.25, 0.3) is 21.7 Å². The van der Waals surface area contributed by atoms with E-state index in [1.807, 2.05) is 55.5 Å². The normalized spacial score (nSPS) is 14.2. The van der Waals surface area contributed by atoms with Crippen molar-refractivity contribution in [3.05, 3.63) is 110 Å². The maximum atomic E-state index is 13.6. The van der Waals surface area contributed by atoms with E-state index in [2.05, 4.69) is 52.9 Å². The number of benzene rings is 4. The van der Waals surface area contributed by atoms with Gasteiger partial charge < -0.3 is 9.47 Å². The van der Waals surface area contributed by atoms with E-state index in [0.717, 1.165) is 51.7 Å². The smallest absolute Gasteiger partial charge is 0.282 e. The second kappa shape index (κ2) is 12.4. The van der Waals surface area contributed by atoms with Crippen molar-refractivity contribution in [1.82, 2.24) is 9.66 Å². The van der Waals surface area contributed by atoms with Gasteiger partial charge in [0.15, 0.2) is 11.5 Å². The minimum Gasteiger partial charge on any atom is -0.490 e. The topological polar surface area (TPSA) is 65.7 Å². The van der Waals surface area contributed by atoms with Gasteiger partial charge in [0.05, 0.1) is 27.3 Å². The van der Waals surface area contributed by atoms with E-state index in [-0.39, 0.29) is 11.5 Å². The Morgan fingerprint density at radius 2 is 1.71 bits per heavy atom. The summed E-state index contributed by atoms with van der Waals surface area (Å²) in [5.41, 5.74) is 2.53. The molecule has 0 N–H and O–H groups in total. The number of ether oxygens (including phenoxy) is 2. The van der Waals surface area contributed by atoms with Gasteiger partial charge in [-0.3, -0.25) is 4.79 Å². The van der Waals surface area contributed by atoms with Crippen LogP contribution >= 0.6 is 22.6 Å². The molecule has 0 saturated heterocycles. The molecule has 6 rings (SSSR count). The maximum absolute atomic E-state index is 13.6. The Hall–Kier alpha value is -3.72. The van der Waals surface area contributed by atoms with Crippen molar-refractivity contribution in [2.75, 3.05) is 6.61 Å². The highest BCUT2D eigenvalue weighted by atomic mass is 127. The molecule has 1 aliphatic rings. The number of rotatable bonds is 8. The highest BCUT2D eigenvalue weighted by Gasteiger charge is 2.22. The van der Waals surface area contributed by atoms with Gasteiger partial charge in [0, 0.05) is 5.92 Å². The third-order valence-corrected chi connectivity index (χ3v) is 8.46. The van der Waals surface area contributed by atoms with Gasteiger partial charge in [0.25, 0.3) is 5.56 Å². The van der Waals surface area contributed by atoms with E-state index in [1.165, 1.54) is 21.9 Å². The summed E-state index contributed by atoms with van der Waals surface area (Å²) >= 11 is 2.28. The van der Waals surface area contributed by atoms with E-state index in [0.29, 0.717) is 30.1 Å². The van der Waals surface area contributed by atoms with E-state index >= 15 is 0 Å². The lowest BCUT2D eigenvalue weighted by atomic mass is 9.88. The number of halogens is 1. The van der Waals surface area contributed by atoms with E-state index in [9.17, 15) is 4.79 Å². The third kappa shape index (κ3) is 5.86. The molecule has 1 aliphatic carbocycles. The van der Waals surface area contributed by atoms with Crippen molar-refractivity contribution in [3.8, 4) is 11.5 Å². The summed E-state index contributed by atoms with van der Waals surface area (Å²) in [4.78, 5) is 18.5. The molecule has 1 heterocycles. The van der Waals surface area contributed by atoms with Crippen LogP contribution in [-0.4, -0.2) is 22.5 Å². The van der Waals surface area contributed by atoms with Crippen LogP contribution in [0.4, 0.5) is 0 Å². The molecule has 1 fully saturated rings. The monoisotopic (exact) mass is 657 g/mol. The zero-order chi connectivity index (χ0) is 28.2. The van der Waals surface area contributed by atoms with Crippen LogP contribution in [-0.2, 0) is 6.61 Å². The first-order chi connectivity index (χ1) is 20.1. The molecule has 0 aliphatic heterocycles. The van der Waals surface area contributed by atoms with Crippen LogP contribution in [0.2, 0.25) is 0 Å². The summed E-state index contributed by atoms with van der Waals surface area (Å²) < 4.78 is 14.8. The Morgan fingerprint density at radius 3 is 2.54 bits per heavy atom.